The largest absolute Gasteiger partial charge is 0.485 e. The molecule has 44 heavy (non-hydrogen) atoms. The number of carbonyl (C=O) groups excluding carboxylic acids is 4. The van der Waals surface area contributed by atoms with E-state index in [1.54, 1.807) is 32.3 Å². The van der Waals surface area contributed by atoms with Gasteiger partial charge in [0.2, 0.25) is 11.8 Å². The molecule has 1 saturated carbocycles. The lowest BCUT2D eigenvalue weighted by Gasteiger charge is -2.35. The van der Waals surface area contributed by atoms with Crippen molar-refractivity contribution in [1.29, 1.82) is 0 Å². The van der Waals surface area contributed by atoms with Crippen molar-refractivity contribution in [2.24, 2.45) is 11.1 Å². The summed E-state index contributed by atoms with van der Waals surface area (Å²) in [6, 6.07) is 3.40. The van der Waals surface area contributed by atoms with Crippen LogP contribution in [0.2, 0.25) is 0 Å². The predicted molar refractivity (Wildman–Crippen MR) is 164 cm³/mol. The second-order valence-corrected chi connectivity index (χ2v) is 13.5. The zero-order chi connectivity index (χ0) is 32.2. The number of carbonyl (C=O) groups is 4. The van der Waals surface area contributed by atoms with Gasteiger partial charge in [0.15, 0.2) is 11.5 Å². The van der Waals surface area contributed by atoms with Gasteiger partial charge in [0.1, 0.15) is 24.4 Å². The van der Waals surface area contributed by atoms with Gasteiger partial charge in [-0.25, -0.2) is 9.37 Å². The summed E-state index contributed by atoms with van der Waals surface area (Å²) in [4.78, 5) is 58.5. The topological polar surface area (TPSA) is 164 Å². The van der Waals surface area contributed by atoms with Gasteiger partial charge < -0.3 is 31.1 Å². The summed E-state index contributed by atoms with van der Waals surface area (Å²) in [6.07, 6.45) is 0.139. The molecule has 2 aliphatic rings. The number of nitrogens with zero attached hydrogens (tertiary/aromatic N) is 2. The Morgan fingerprint density at radius 2 is 2.00 bits per heavy atom. The number of thiazole rings is 1. The number of halogens is 1. The molecule has 3 amide bonds. The maximum Gasteiger partial charge on any atom is 0.258 e. The molecule has 4 rings (SSSR count). The number of nitrogens with one attached hydrogen (secondary N) is 2. The Labute approximate surface area is 260 Å². The highest BCUT2D eigenvalue weighted by Gasteiger charge is 2.53. The number of nitrogens with two attached hydrogens (primary N) is 1. The van der Waals surface area contributed by atoms with E-state index in [4.69, 9.17) is 10.5 Å². The number of β-amino-alcohol motifs (C(OH)–C–C–N with tert-alkyl or cyclic N) is 1. The van der Waals surface area contributed by atoms with Crippen molar-refractivity contribution in [1.82, 2.24) is 20.5 Å². The third kappa shape index (κ3) is 7.99. The molecular formula is C31H42FN5O6S. The summed E-state index contributed by atoms with van der Waals surface area (Å²) < 4.78 is 20.4. The number of aliphatic hydroxyl groups is 1. The Hall–Kier alpha value is -3.42. The molecule has 3 atom stereocenters. The number of aromatic nitrogens is 1. The van der Waals surface area contributed by atoms with Crippen LogP contribution in [0.1, 0.15) is 64.1 Å². The number of aliphatic hydroxyl groups excluding tert-OH is 1. The Balaban J connectivity index is 1.49. The average Bonchev–Trinajstić information content (AvgIpc) is 3.38. The Kier molecular flexibility index (Phi) is 10.4. The number of amides is 3. The summed E-state index contributed by atoms with van der Waals surface area (Å²) in [7, 11) is 0. The highest BCUT2D eigenvalue weighted by molar-refractivity contribution is 7.13. The molecule has 11 nitrogen and oxygen atoms in total. The van der Waals surface area contributed by atoms with Crippen molar-refractivity contribution in [3.63, 3.8) is 0 Å². The van der Waals surface area contributed by atoms with E-state index in [1.807, 2.05) is 19.1 Å². The Bertz CT molecular complexity index is 1390. The zero-order valence-corrected chi connectivity index (χ0v) is 26.5. The second kappa shape index (κ2) is 13.7. The van der Waals surface area contributed by atoms with Gasteiger partial charge in [0, 0.05) is 31.5 Å². The van der Waals surface area contributed by atoms with Gasteiger partial charge in [-0.05, 0) is 49.8 Å². The minimum absolute atomic E-state index is 0.0119. The maximum atomic E-state index is 14.4. The number of aryl methyl sites for hydroxylation is 1. The van der Waals surface area contributed by atoms with E-state index in [-0.39, 0.29) is 44.7 Å². The molecule has 2 aromatic rings. The minimum Gasteiger partial charge on any atom is -0.485 e. The van der Waals surface area contributed by atoms with E-state index in [0.717, 1.165) is 16.1 Å². The quantitative estimate of drug-likeness (QED) is 0.262. The fourth-order valence-electron chi connectivity index (χ4n) is 5.10. The molecule has 1 aromatic heterocycles. The minimum atomic E-state index is -1.96. The van der Waals surface area contributed by atoms with Crippen molar-refractivity contribution >= 4 is 34.8 Å². The third-order valence-corrected chi connectivity index (χ3v) is 8.90. The highest BCUT2D eigenvalue weighted by atomic mass is 32.1. The molecule has 0 bridgehead atoms. The van der Waals surface area contributed by atoms with Crippen LogP contribution in [-0.4, -0.2) is 82.0 Å². The van der Waals surface area contributed by atoms with E-state index in [2.05, 4.69) is 15.6 Å². The zero-order valence-electron chi connectivity index (χ0n) is 25.7. The average molecular weight is 632 g/mol. The number of rotatable bonds is 13. The van der Waals surface area contributed by atoms with Gasteiger partial charge in [-0.1, -0.05) is 32.9 Å². The summed E-state index contributed by atoms with van der Waals surface area (Å²) in [5.74, 6) is -1.56. The normalized spacial score (nSPS) is 19.8. The molecule has 2 fully saturated rings. The lowest BCUT2D eigenvalue weighted by atomic mass is 9.85. The van der Waals surface area contributed by atoms with Gasteiger partial charge in [-0.15, -0.1) is 11.3 Å². The number of hydrogen-bond donors (Lipinski definition) is 4. The standard InChI is InChI=1S/C31H42FN5O6S/c1-18-25(44-17-35-18)19-7-8-20(24(12-19)43-16-21(38)6-5-11-33)14-34-27(40)23-13-22(39)15-37(23)28(41)26(30(2,3)4)36-29(42)31(32)9-10-31/h7-8,12,17,22-23,26,39H,5-6,9-11,13-16,33H2,1-4H3,(H,34,40)(H,36,42)/t22-,23?,26-/m1/s1. The van der Waals surface area contributed by atoms with Gasteiger partial charge in [0.25, 0.3) is 5.91 Å². The summed E-state index contributed by atoms with van der Waals surface area (Å²) in [5, 5.41) is 15.8. The van der Waals surface area contributed by atoms with E-state index in [1.165, 1.54) is 16.2 Å². The molecule has 2 heterocycles. The first-order valence-electron chi connectivity index (χ1n) is 14.9. The van der Waals surface area contributed by atoms with Crippen LogP contribution in [0.5, 0.6) is 5.75 Å². The molecule has 5 N–H and O–H groups in total. The van der Waals surface area contributed by atoms with Crippen LogP contribution >= 0.6 is 11.3 Å². The summed E-state index contributed by atoms with van der Waals surface area (Å²) in [6.45, 7) is 7.32. The number of Topliss-reactive ketones (excluding diaryl/α,β-unsaturated/α-hetero) is 1. The van der Waals surface area contributed by atoms with Crippen molar-refractivity contribution in [3.05, 3.63) is 35.0 Å². The SMILES string of the molecule is Cc1ncsc1-c1ccc(CNC(=O)C2C[C@@H](O)CN2C(=O)[C@@H](NC(=O)C2(F)CC2)C(C)(C)C)c(OCC(=O)CCCN)c1. The summed E-state index contributed by atoms with van der Waals surface area (Å²) in [5.41, 5.74) is 6.85. The van der Waals surface area contributed by atoms with Crippen molar-refractivity contribution in [2.45, 2.75) is 90.2 Å². The number of ether oxygens (including phenoxy) is 1. The van der Waals surface area contributed by atoms with Gasteiger partial charge in [-0.3, -0.25) is 19.2 Å². The number of benzene rings is 1. The maximum absolute atomic E-state index is 14.4. The lowest BCUT2D eigenvalue weighted by Crippen LogP contribution is -2.59. The van der Waals surface area contributed by atoms with Crippen LogP contribution in [0.4, 0.5) is 4.39 Å². The van der Waals surface area contributed by atoms with E-state index in [9.17, 15) is 28.7 Å². The Morgan fingerprint density at radius 1 is 1.27 bits per heavy atom. The molecule has 13 heteroatoms. The van der Waals surface area contributed by atoms with Crippen molar-refractivity contribution < 1.29 is 33.4 Å². The number of likely N-dealkylation sites (tertiary alicyclic amines) is 1. The van der Waals surface area contributed by atoms with Crippen molar-refractivity contribution in [2.75, 3.05) is 19.7 Å². The fourth-order valence-corrected chi connectivity index (χ4v) is 5.91. The van der Waals surface area contributed by atoms with E-state index >= 15 is 0 Å². The van der Waals surface area contributed by atoms with E-state index in [0.29, 0.717) is 30.7 Å². The van der Waals surface area contributed by atoms with Crippen molar-refractivity contribution in [3.8, 4) is 16.2 Å². The molecule has 1 aliphatic heterocycles. The van der Waals surface area contributed by atoms with Gasteiger partial charge in [0.05, 0.1) is 22.2 Å². The summed E-state index contributed by atoms with van der Waals surface area (Å²) >= 11 is 1.48. The Morgan fingerprint density at radius 3 is 2.61 bits per heavy atom. The van der Waals surface area contributed by atoms with Crippen LogP contribution in [-0.2, 0) is 25.7 Å². The fraction of sp³-hybridized carbons (Fsp3) is 0.581. The van der Waals surface area contributed by atoms with E-state index < -0.39 is 47.0 Å². The van der Waals surface area contributed by atoms with Gasteiger partial charge in [-0.2, -0.15) is 0 Å². The first kappa shape index (κ1) is 33.5. The highest BCUT2D eigenvalue weighted by Crippen LogP contribution is 2.40. The number of alkyl halides is 1. The third-order valence-electron chi connectivity index (χ3n) is 7.93. The molecule has 240 valence electrons. The molecular weight excluding hydrogens is 589 g/mol. The first-order valence-corrected chi connectivity index (χ1v) is 15.8. The second-order valence-electron chi connectivity index (χ2n) is 12.7. The molecule has 1 aliphatic carbocycles. The molecule has 1 aromatic carbocycles. The predicted octanol–water partition coefficient (Wildman–Crippen LogP) is 2.42. The molecule has 1 unspecified atom stereocenters. The van der Waals surface area contributed by atoms with Crippen LogP contribution < -0.4 is 21.1 Å². The van der Waals surface area contributed by atoms with Crippen LogP contribution in [0.25, 0.3) is 10.4 Å². The first-order chi connectivity index (χ1) is 20.7. The van der Waals surface area contributed by atoms with Gasteiger partial charge >= 0.3 is 0 Å². The molecule has 0 spiro atoms. The molecule has 0 radical (unpaired) electrons. The van der Waals surface area contributed by atoms with Crippen LogP contribution in [0.3, 0.4) is 0 Å². The molecule has 1 saturated heterocycles. The lowest BCUT2D eigenvalue weighted by molar-refractivity contribution is -0.145. The number of hydrogen-bond acceptors (Lipinski definition) is 9. The van der Waals surface area contributed by atoms with Crippen LogP contribution in [0, 0.1) is 12.3 Å². The smallest absolute Gasteiger partial charge is 0.258 e. The van der Waals surface area contributed by atoms with Crippen LogP contribution in [0.15, 0.2) is 23.7 Å². The monoisotopic (exact) mass is 631 g/mol. The number of ketones is 1.